The van der Waals surface area contributed by atoms with Crippen LogP contribution in [0.2, 0.25) is 0 Å². The van der Waals surface area contributed by atoms with Crippen LogP contribution in [0, 0.1) is 18.8 Å². The Morgan fingerprint density at radius 3 is 2.80 bits per heavy atom. The molecular formula is C20H20N8O2. The second-order valence-corrected chi connectivity index (χ2v) is 7.69. The highest BCUT2D eigenvalue weighted by atomic mass is 16.2. The van der Waals surface area contributed by atoms with Gasteiger partial charge in [-0.15, -0.1) is 0 Å². The molecule has 1 N–H and O–H groups in total. The second kappa shape index (κ2) is 6.97. The van der Waals surface area contributed by atoms with Crippen molar-refractivity contribution in [1.29, 1.82) is 0 Å². The van der Waals surface area contributed by atoms with Gasteiger partial charge in [0.2, 0.25) is 11.9 Å². The Labute approximate surface area is 172 Å². The van der Waals surface area contributed by atoms with Gasteiger partial charge in [0.25, 0.3) is 5.91 Å². The zero-order valence-corrected chi connectivity index (χ0v) is 16.6. The molecule has 0 bridgehead atoms. The van der Waals surface area contributed by atoms with Crippen molar-refractivity contribution in [1.82, 2.24) is 29.7 Å². The number of fused-ring (bicyclic) bond motifs is 1. The number of nitrogens with one attached hydrogen (secondary N) is 1. The molecule has 2 fully saturated rings. The minimum absolute atomic E-state index is 0.135. The molecule has 10 heteroatoms. The summed E-state index contributed by atoms with van der Waals surface area (Å²) in [4.78, 5) is 43.1. The minimum atomic E-state index is -0.354. The van der Waals surface area contributed by atoms with E-state index in [1.165, 1.54) is 18.6 Å². The first-order valence-corrected chi connectivity index (χ1v) is 9.77. The maximum atomic E-state index is 12.3. The van der Waals surface area contributed by atoms with Gasteiger partial charge in [-0.2, -0.15) is 5.10 Å². The summed E-state index contributed by atoms with van der Waals surface area (Å²) in [7, 11) is 0. The van der Waals surface area contributed by atoms with Crippen LogP contribution in [-0.2, 0) is 4.79 Å². The Balaban J connectivity index is 1.31. The number of aromatic nitrogens is 6. The standard InChI is InChI=1S/C20H20N8O2/c1-11-16(7-23-20(25-11)27-9-13-5-15(13)19(27)30)12(2)28-10-14(6-24-28)26-18(29)17-8-21-3-4-22-17/h3-4,6-8,10,12-13,15H,5,9H2,1-2H3,(H,26,29)/t12-,13+,15+/m0/s1. The monoisotopic (exact) mass is 404 g/mol. The highest BCUT2D eigenvalue weighted by molar-refractivity contribution is 6.02. The molecule has 0 spiro atoms. The van der Waals surface area contributed by atoms with Gasteiger partial charge in [-0.3, -0.25) is 24.2 Å². The summed E-state index contributed by atoms with van der Waals surface area (Å²) < 4.78 is 1.73. The summed E-state index contributed by atoms with van der Waals surface area (Å²) in [6, 6.07) is -0.149. The van der Waals surface area contributed by atoms with Crippen molar-refractivity contribution < 1.29 is 9.59 Å². The highest BCUT2D eigenvalue weighted by Crippen LogP contribution is 2.46. The van der Waals surface area contributed by atoms with Crippen LogP contribution in [0.1, 0.15) is 41.1 Å². The third-order valence-electron chi connectivity index (χ3n) is 5.67. The molecule has 0 aromatic carbocycles. The first-order chi connectivity index (χ1) is 14.5. The molecule has 2 aliphatic rings. The van der Waals surface area contributed by atoms with E-state index >= 15 is 0 Å². The molecule has 5 rings (SSSR count). The van der Waals surface area contributed by atoms with Gasteiger partial charge in [-0.05, 0) is 26.2 Å². The lowest BCUT2D eigenvalue weighted by atomic mass is 10.1. The van der Waals surface area contributed by atoms with E-state index in [1.807, 2.05) is 13.8 Å². The first kappa shape index (κ1) is 18.3. The van der Waals surface area contributed by atoms with Gasteiger partial charge in [-0.1, -0.05) is 0 Å². The van der Waals surface area contributed by atoms with Crippen molar-refractivity contribution >= 4 is 23.5 Å². The molecule has 0 radical (unpaired) electrons. The number of hydrogen-bond donors (Lipinski definition) is 1. The fraction of sp³-hybridized carbons (Fsp3) is 0.350. The van der Waals surface area contributed by atoms with Gasteiger partial charge in [0, 0.05) is 48.5 Å². The Morgan fingerprint density at radius 1 is 1.23 bits per heavy atom. The summed E-state index contributed by atoms with van der Waals surface area (Å²) in [5.74, 6) is 0.896. The van der Waals surface area contributed by atoms with Crippen LogP contribution in [0.25, 0.3) is 0 Å². The molecule has 10 nitrogen and oxygen atoms in total. The fourth-order valence-corrected chi connectivity index (χ4v) is 3.83. The Bertz CT molecular complexity index is 1130. The molecule has 30 heavy (non-hydrogen) atoms. The van der Waals surface area contributed by atoms with Crippen LogP contribution in [0.4, 0.5) is 11.6 Å². The van der Waals surface area contributed by atoms with Crippen LogP contribution < -0.4 is 10.2 Å². The van der Waals surface area contributed by atoms with Crippen LogP contribution in [-0.4, -0.2) is 48.1 Å². The van der Waals surface area contributed by atoms with Crippen molar-refractivity contribution in [3.05, 3.63) is 54.1 Å². The number of carbonyl (C=O) groups is 2. The Hall–Kier alpha value is -3.69. The molecule has 1 saturated heterocycles. The minimum Gasteiger partial charge on any atom is -0.318 e. The molecule has 0 unspecified atom stereocenters. The highest BCUT2D eigenvalue weighted by Gasteiger charge is 2.53. The fourth-order valence-electron chi connectivity index (χ4n) is 3.83. The van der Waals surface area contributed by atoms with E-state index in [4.69, 9.17) is 0 Å². The smallest absolute Gasteiger partial charge is 0.275 e. The summed E-state index contributed by atoms with van der Waals surface area (Å²) in [6.07, 6.45) is 10.4. The lowest BCUT2D eigenvalue weighted by Gasteiger charge is -2.19. The number of nitrogens with zero attached hydrogens (tertiary/aromatic N) is 7. The van der Waals surface area contributed by atoms with Crippen LogP contribution in [0.5, 0.6) is 0 Å². The second-order valence-electron chi connectivity index (χ2n) is 7.69. The molecule has 1 aliphatic heterocycles. The van der Waals surface area contributed by atoms with Gasteiger partial charge in [0.1, 0.15) is 5.69 Å². The zero-order chi connectivity index (χ0) is 20.8. The van der Waals surface area contributed by atoms with E-state index in [-0.39, 0.29) is 29.5 Å². The molecule has 3 atom stereocenters. The van der Waals surface area contributed by atoms with Gasteiger partial charge >= 0.3 is 0 Å². The summed E-state index contributed by atoms with van der Waals surface area (Å²) >= 11 is 0. The van der Waals surface area contributed by atoms with E-state index < -0.39 is 0 Å². The van der Waals surface area contributed by atoms with Gasteiger partial charge in [0.05, 0.1) is 24.1 Å². The Morgan fingerprint density at radius 2 is 2.10 bits per heavy atom. The van der Waals surface area contributed by atoms with Crippen LogP contribution in [0.3, 0.4) is 0 Å². The van der Waals surface area contributed by atoms with Crippen molar-refractivity contribution in [2.45, 2.75) is 26.3 Å². The summed E-state index contributed by atoms with van der Waals surface area (Å²) in [5, 5.41) is 7.11. The average molecular weight is 404 g/mol. The molecular weight excluding hydrogens is 384 g/mol. The number of aryl methyl sites for hydroxylation is 1. The number of carbonyl (C=O) groups excluding carboxylic acids is 2. The lowest BCUT2D eigenvalue weighted by Crippen LogP contribution is -2.30. The van der Waals surface area contributed by atoms with Gasteiger partial charge in [-0.25, -0.2) is 15.0 Å². The maximum absolute atomic E-state index is 12.3. The summed E-state index contributed by atoms with van der Waals surface area (Å²) in [6.45, 7) is 4.59. The quantitative estimate of drug-likeness (QED) is 0.686. The molecule has 1 aliphatic carbocycles. The zero-order valence-electron chi connectivity index (χ0n) is 16.6. The number of amides is 2. The van der Waals surface area contributed by atoms with Crippen molar-refractivity contribution in [2.24, 2.45) is 11.8 Å². The molecule has 4 heterocycles. The molecule has 2 amide bonds. The largest absolute Gasteiger partial charge is 0.318 e. The molecule has 152 valence electrons. The third kappa shape index (κ3) is 3.19. The topological polar surface area (TPSA) is 119 Å². The number of hydrogen-bond acceptors (Lipinski definition) is 7. The average Bonchev–Trinajstić information content (AvgIpc) is 3.25. The predicted octanol–water partition coefficient (Wildman–Crippen LogP) is 1.62. The normalized spacial score (nSPS) is 20.7. The van der Waals surface area contributed by atoms with Crippen LogP contribution >= 0.6 is 0 Å². The van der Waals surface area contributed by atoms with Crippen molar-refractivity contribution in [3.8, 4) is 0 Å². The van der Waals surface area contributed by atoms with E-state index in [0.717, 1.165) is 17.7 Å². The summed E-state index contributed by atoms with van der Waals surface area (Å²) in [5.41, 5.74) is 2.47. The number of anilines is 2. The number of rotatable bonds is 5. The maximum Gasteiger partial charge on any atom is 0.275 e. The van der Waals surface area contributed by atoms with Crippen molar-refractivity contribution in [3.63, 3.8) is 0 Å². The third-order valence-corrected chi connectivity index (χ3v) is 5.67. The molecule has 3 aromatic heterocycles. The molecule has 3 aromatic rings. The Kier molecular flexibility index (Phi) is 4.27. The van der Waals surface area contributed by atoms with Gasteiger partial charge in [0.15, 0.2) is 0 Å². The van der Waals surface area contributed by atoms with E-state index in [0.29, 0.717) is 24.1 Å². The van der Waals surface area contributed by atoms with Crippen LogP contribution in [0.15, 0.2) is 37.2 Å². The van der Waals surface area contributed by atoms with E-state index in [9.17, 15) is 9.59 Å². The first-order valence-electron chi connectivity index (χ1n) is 9.77. The SMILES string of the molecule is Cc1nc(N2C[C@H]3C[C@H]3C2=O)ncc1[C@H](C)n1cc(NC(=O)c2cnccn2)cn1. The lowest BCUT2D eigenvalue weighted by molar-refractivity contribution is -0.118. The van der Waals surface area contributed by atoms with E-state index in [2.05, 4.69) is 30.4 Å². The molecule has 1 saturated carbocycles. The van der Waals surface area contributed by atoms with Crippen molar-refractivity contribution in [2.75, 3.05) is 16.8 Å². The van der Waals surface area contributed by atoms with Gasteiger partial charge < -0.3 is 5.32 Å². The van der Waals surface area contributed by atoms with E-state index in [1.54, 1.807) is 28.2 Å². The number of piperidine rings is 1. The predicted molar refractivity (Wildman–Crippen MR) is 107 cm³/mol.